The normalized spacial score (nSPS) is 10.0. The second-order valence-corrected chi connectivity index (χ2v) is 4.31. The maximum absolute atomic E-state index is 11.7. The van der Waals surface area contributed by atoms with Crippen LogP contribution in [0.25, 0.3) is 0 Å². The summed E-state index contributed by atoms with van der Waals surface area (Å²) in [6.45, 7) is 1.09. The number of aryl methyl sites for hydroxylation is 1. The van der Waals surface area contributed by atoms with Crippen molar-refractivity contribution in [1.29, 1.82) is 0 Å². The molecule has 8 heteroatoms. The van der Waals surface area contributed by atoms with Crippen molar-refractivity contribution in [2.45, 2.75) is 6.92 Å². The number of nitro benzene ring substituents is 1. The van der Waals surface area contributed by atoms with Crippen LogP contribution in [-0.4, -0.2) is 23.4 Å². The van der Waals surface area contributed by atoms with E-state index in [9.17, 15) is 19.7 Å². The van der Waals surface area contributed by atoms with E-state index in [0.717, 1.165) is 0 Å². The highest BCUT2D eigenvalue weighted by Crippen LogP contribution is 2.22. The van der Waals surface area contributed by atoms with Crippen LogP contribution < -0.4 is 5.32 Å². The van der Waals surface area contributed by atoms with Gasteiger partial charge in [0, 0.05) is 6.07 Å². The van der Waals surface area contributed by atoms with Crippen LogP contribution in [0.5, 0.6) is 0 Å². The van der Waals surface area contributed by atoms with Gasteiger partial charge in [-0.05, 0) is 25.1 Å². The van der Waals surface area contributed by atoms with E-state index in [2.05, 4.69) is 5.32 Å². The Labute approximate surface area is 124 Å². The van der Waals surface area contributed by atoms with Gasteiger partial charge in [0.2, 0.25) is 5.76 Å². The number of rotatable bonds is 5. The van der Waals surface area contributed by atoms with E-state index in [1.54, 1.807) is 19.1 Å². The molecule has 2 rings (SSSR count). The summed E-state index contributed by atoms with van der Waals surface area (Å²) >= 11 is 0. The van der Waals surface area contributed by atoms with Gasteiger partial charge in [-0.1, -0.05) is 12.1 Å². The Morgan fingerprint density at radius 3 is 2.64 bits per heavy atom. The van der Waals surface area contributed by atoms with Crippen LogP contribution in [0, 0.1) is 17.0 Å². The van der Waals surface area contributed by atoms with Crippen LogP contribution in [0.3, 0.4) is 0 Å². The Morgan fingerprint density at radius 1 is 1.27 bits per heavy atom. The van der Waals surface area contributed by atoms with Crippen molar-refractivity contribution in [3.05, 3.63) is 58.0 Å². The van der Waals surface area contributed by atoms with Crippen molar-refractivity contribution in [3.63, 3.8) is 0 Å². The van der Waals surface area contributed by atoms with Crippen molar-refractivity contribution in [2.75, 3.05) is 11.9 Å². The van der Waals surface area contributed by atoms with E-state index < -0.39 is 23.4 Å². The van der Waals surface area contributed by atoms with Crippen molar-refractivity contribution < 1.29 is 23.7 Å². The summed E-state index contributed by atoms with van der Waals surface area (Å²) in [6, 6.07) is 8.68. The van der Waals surface area contributed by atoms with E-state index in [1.165, 1.54) is 24.3 Å². The maximum atomic E-state index is 11.7. The number of nitrogens with zero attached hydrogens (tertiary/aromatic N) is 1. The van der Waals surface area contributed by atoms with Gasteiger partial charge in [0.1, 0.15) is 11.4 Å². The van der Waals surface area contributed by atoms with Gasteiger partial charge in [0.25, 0.3) is 11.6 Å². The molecule has 0 saturated heterocycles. The van der Waals surface area contributed by atoms with E-state index >= 15 is 0 Å². The Balaban J connectivity index is 1.94. The molecule has 1 heterocycles. The van der Waals surface area contributed by atoms with Crippen LogP contribution in [0.2, 0.25) is 0 Å². The molecular weight excluding hydrogens is 292 g/mol. The zero-order valence-electron chi connectivity index (χ0n) is 11.6. The monoisotopic (exact) mass is 304 g/mol. The fourth-order valence-corrected chi connectivity index (χ4v) is 1.67. The van der Waals surface area contributed by atoms with Crippen molar-refractivity contribution in [1.82, 2.24) is 0 Å². The number of nitrogens with one attached hydrogen (secondary N) is 1. The van der Waals surface area contributed by atoms with E-state index in [1.807, 2.05) is 0 Å². The zero-order valence-corrected chi connectivity index (χ0v) is 11.6. The lowest BCUT2D eigenvalue weighted by molar-refractivity contribution is -0.383. The molecule has 0 atom stereocenters. The van der Waals surface area contributed by atoms with Crippen molar-refractivity contribution in [3.8, 4) is 0 Å². The number of esters is 1. The van der Waals surface area contributed by atoms with Crippen LogP contribution in [0.1, 0.15) is 16.3 Å². The standard InChI is InChI=1S/C14H12N2O6/c1-9-6-7-12(22-9)14(18)21-8-13(17)15-10-4-2-3-5-11(10)16(19)20/h2-7H,8H2,1H3,(H,15,17). The number of amides is 1. The Hall–Kier alpha value is -3.16. The largest absolute Gasteiger partial charge is 0.454 e. The smallest absolute Gasteiger partial charge is 0.374 e. The van der Waals surface area contributed by atoms with E-state index in [0.29, 0.717) is 5.76 Å². The van der Waals surface area contributed by atoms with Gasteiger partial charge in [0.05, 0.1) is 4.92 Å². The summed E-state index contributed by atoms with van der Waals surface area (Å²) in [6.07, 6.45) is 0. The predicted octanol–water partition coefficient (Wildman–Crippen LogP) is 2.29. The first kappa shape index (κ1) is 15.2. The molecule has 1 aromatic heterocycles. The number of benzene rings is 1. The Kier molecular flexibility index (Phi) is 4.52. The summed E-state index contributed by atoms with van der Waals surface area (Å²) in [5, 5.41) is 13.1. The Bertz CT molecular complexity index is 722. The fourth-order valence-electron chi connectivity index (χ4n) is 1.67. The number of carbonyl (C=O) groups is 2. The Morgan fingerprint density at radius 2 is 2.00 bits per heavy atom. The number of nitro groups is 1. The molecule has 22 heavy (non-hydrogen) atoms. The van der Waals surface area contributed by atoms with Gasteiger partial charge in [0.15, 0.2) is 6.61 Å². The molecule has 8 nitrogen and oxygen atoms in total. The molecule has 1 N–H and O–H groups in total. The highest BCUT2D eigenvalue weighted by atomic mass is 16.6. The fraction of sp³-hybridized carbons (Fsp3) is 0.143. The number of furan rings is 1. The number of ether oxygens (including phenoxy) is 1. The van der Waals surface area contributed by atoms with Crippen LogP contribution >= 0.6 is 0 Å². The number of anilines is 1. The topological polar surface area (TPSA) is 112 Å². The van der Waals surface area contributed by atoms with Gasteiger partial charge in [-0.3, -0.25) is 14.9 Å². The van der Waals surface area contributed by atoms with Gasteiger partial charge in [-0.15, -0.1) is 0 Å². The third-order valence-corrected chi connectivity index (χ3v) is 2.65. The van der Waals surface area contributed by atoms with E-state index in [4.69, 9.17) is 9.15 Å². The first-order valence-corrected chi connectivity index (χ1v) is 6.24. The minimum absolute atomic E-state index is 0.0176. The predicted molar refractivity (Wildman–Crippen MR) is 75.5 cm³/mol. The van der Waals surface area contributed by atoms with Gasteiger partial charge < -0.3 is 14.5 Å². The van der Waals surface area contributed by atoms with Gasteiger partial charge >= 0.3 is 5.97 Å². The van der Waals surface area contributed by atoms with Gasteiger partial charge in [-0.25, -0.2) is 4.79 Å². The highest BCUT2D eigenvalue weighted by molar-refractivity contribution is 5.96. The third-order valence-electron chi connectivity index (χ3n) is 2.65. The minimum Gasteiger partial charge on any atom is -0.454 e. The number of para-hydroxylation sites is 2. The summed E-state index contributed by atoms with van der Waals surface area (Å²) in [5.41, 5.74) is -0.216. The molecule has 2 aromatic rings. The molecule has 1 aromatic carbocycles. The second-order valence-electron chi connectivity index (χ2n) is 4.31. The number of hydrogen-bond acceptors (Lipinski definition) is 6. The highest BCUT2D eigenvalue weighted by Gasteiger charge is 2.17. The first-order valence-electron chi connectivity index (χ1n) is 6.24. The maximum Gasteiger partial charge on any atom is 0.374 e. The summed E-state index contributed by atoms with van der Waals surface area (Å²) < 4.78 is 9.81. The lowest BCUT2D eigenvalue weighted by Gasteiger charge is -2.06. The second kappa shape index (κ2) is 6.53. The average molecular weight is 304 g/mol. The quantitative estimate of drug-likeness (QED) is 0.515. The van der Waals surface area contributed by atoms with Crippen molar-refractivity contribution in [2.24, 2.45) is 0 Å². The minimum atomic E-state index is -0.786. The first-order chi connectivity index (χ1) is 10.5. The van der Waals surface area contributed by atoms with E-state index in [-0.39, 0.29) is 17.1 Å². The number of hydrogen-bond donors (Lipinski definition) is 1. The molecule has 0 bridgehead atoms. The molecule has 0 spiro atoms. The average Bonchev–Trinajstić information content (AvgIpc) is 2.92. The molecule has 0 fully saturated rings. The molecule has 0 aliphatic heterocycles. The lowest BCUT2D eigenvalue weighted by atomic mass is 10.2. The van der Waals surface area contributed by atoms with Crippen LogP contribution in [0.4, 0.5) is 11.4 Å². The van der Waals surface area contributed by atoms with Gasteiger partial charge in [-0.2, -0.15) is 0 Å². The molecular formula is C14H12N2O6. The SMILES string of the molecule is Cc1ccc(C(=O)OCC(=O)Nc2ccccc2[N+](=O)[O-])o1. The van der Waals surface area contributed by atoms with Crippen molar-refractivity contribution >= 4 is 23.3 Å². The molecule has 0 saturated carbocycles. The van der Waals surface area contributed by atoms with Crippen LogP contribution in [-0.2, 0) is 9.53 Å². The summed E-state index contributed by atoms with van der Waals surface area (Å²) in [4.78, 5) is 33.5. The molecule has 1 amide bonds. The molecule has 0 radical (unpaired) electrons. The molecule has 114 valence electrons. The number of carbonyl (C=O) groups excluding carboxylic acids is 2. The zero-order chi connectivity index (χ0) is 16.1. The third kappa shape index (κ3) is 3.69. The summed E-state index contributed by atoms with van der Waals surface area (Å²) in [5.74, 6) is -0.955. The molecule has 0 unspecified atom stereocenters. The lowest BCUT2D eigenvalue weighted by Crippen LogP contribution is -2.21. The molecule has 0 aliphatic rings. The summed E-state index contributed by atoms with van der Waals surface area (Å²) in [7, 11) is 0. The molecule has 0 aliphatic carbocycles. The van der Waals surface area contributed by atoms with Crippen LogP contribution in [0.15, 0.2) is 40.8 Å².